The van der Waals surface area contributed by atoms with Crippen LogP contribution >= 0.6 is 0 Å². The van der Waals surface area contributed by atoms with Gasteiger partial charge in [0.1, 0.15) is 5.75 Å². The molecule has 0 saturated carbocycles. The standard InChI is InChI=1S/C20H25N3O2/c1-13-10-21-19(14(2)20(13)25-4)12-23-9-8-17-16(11-23)6-5-7-18(17)22-15(3)24/h5-7,10H,8-9,11-12H2,1-4H3,(H,22,24). The number of carbonyl (C=O) groups excluding carboxylic acids is 1. The van der Waals surface area contributed by atoms with Gasteiger partial charge in [-0.05, 0) is 37.5 Å². The highest BCUT2D eigenvalue weighted by atomic mass is 16.5. The number of benzene rings is 1. The highest BCUT2D eigenvalue weighted by Crippen LogP contribution is 2.29. The van der Waals surface area contributed by atoms with Gasteiger partial charge in [-0.25, -0.2) is 0 Å². The lowest BCUT2D eigenvalue weighted by Crippen LogP contribution is -2.31. The summed E-state index contributed by atoms with van der Waals surface area (Å²) in [6.07, 6.45) is 2.81. The molecule has 5 nitrogen and oxygen atoms in total. The van der Waals surface area contributed by atoms with Crippen molar-refractivity contribution in [1.82, 2.24) is 9.88 Å². The van der Waals surface area contributed by atoms with Crippen LogP contribution in [0.4, 0.5) is 5.69 Å². The van der Waals surface area contributed by atoms with E-state index in [2.05, 4.69) is 28.2 Å². The molecule has 3 rings (SSSR count). The summed E-state index contributed by atoms with van der Waals surface area (Å²) >= 11 is 0. The van der Waals surface area contributed by atoms with E-state index >= 15 is 0 Å². The van der Waals surface area contributed by atoms with Gasteiger partial charge in [0.25, 0.3) is 0 Å². The summed E-state index contributed by atoms with van der Waals surface area (Å²) in [5.74, 6) is 0.901. The molecule has 0 unspecified atom stereocenters. The number of ether oxygens (including phenoxy) is 1. The second-order valence-electron chi connectivity index (χ2n) is 6.63. The van der Waals surface area contributed by atoms with Crippen molar-refractivity contribution in [3.05, 3.63) is 52.3 Å². The number of hydrogen-bond donors (Lipinski definition) is 1. The van der Waals surface area contributed by atoms with E-state index < -0.39 is 0 Å². The molecule has 0 aliphatic carbocycles. The average Bonchev–Trinajstić information content (AvgIpc) is 2.57. The summed E-state index contributed by atoms with van der Waals surface area (Å²) in [7, 11) is 1.71. The number of nitrogens with zero attached hydrogens (tertiary/aromatic N) is 2. The smallest absolute Gasteiger partial charge is 0.221 e. The summed E-state index contributed by atoms with van der Waals surface area (Å²) in [6, 6.07) is 6.13. The molecule has 2 heterocycles. The SMILES string of the molecule is COc1c(C)cnc(CN2CCc3c(cccc3NC(C)=O)C2)c1C. The molecule has 0 saturated heterocycles. The van der Waals surface area contributed by atoms with Crippen molar-refractivity contribution >= 4 is 11.6 Å². The summed E-state index contributed by atoms with van der Waals surface area (Å²) in [5, 5.41) is 2.94. The molecule has 25 heavy (non-hydrogen) atoms. The Labute approximate surface area is 149 Å². The molecule has 0 atom stereocenters. The maximum Gasteiger partial charge on any atom is 0.221 e. The third-order valence-electron chi connectivity index (χ3n) is 4.78. The van der Waals surface area contributed by atoms with E-state index in [-0.39, 0.29) is 5.91 Å². The molecule has 0 spiro atoms. The molecular weight excluding hydrogens is 314 g/mol. The van der Waals surface area contributed by atoms with Crippen LogP contribution < -0.4 is 10.1 Å². The number of anilines is 1. The molecule has 2 aromatic rings. The van der Waals surface area contributed by atoms with Crippen molar-refractivity contribution in [1.29, 1.82) is 0 Å². The second kappa shape index (κ2) is 7.23. The van der Waals surface area contributed by atoms with Crippen LogP contribution in [0.2, 0.25) is 0 Å². The fourth-order valence-corrected chi connectivity index (χ4v) is 3.55. The van der Waals surface area contributed by atoms with Gasteiger partial charge in [0.05, 0.1) is 12.8 Å². The van der Waals surface area contributed by atoms with Crippen LogP contribution in [0.15, 0.2) is 24.4 Å². The first kappa shape index (κ1) is 17.4. The molecule has 1 aliphatic heterocycles. The highest BCUT2D eigenvalue weighted by molar-refractivity contribution is 5.89. The number of aryl methyl sites for hydroxylation is 1. The molecule has 132 valence electrons. The molecule has 1 aliphatic rings. The molecule has 1 amide bonds. The van der Waals surface area contributed by atoms with Crippen molar-refractivity contribution in [2.45, 2.75) is 40.3 Å². The molecule has 1 aromatic heterocycles. The number of pyridine rings is 1. The zero-order chi connectivity index (χ0) is 18.0. The van der Waals surface area contributed by atoms with E-state index in [1.54, 1.807) is 14.0 Å². The van der Waals surface area contributed by atoms with Crippen molar-refractivity contribution in [3.63, 3.8) is 0 Å². The predicted molar refractivity (Wildman–Crippen MR) is 98.8 cm³/mol. The Morgan fingerprint density at radius 3 is 2.88 bits per heavy atom. The fourth-order valence-electron chi connectivity index (χ4n) is 3.55. The van der Waals surface area contributed by atoms with Crippen molar-refractivity contribution in [2.24, 2.45) is 0 Å². The van der Waals surface area contributed by atoms with Crippen LogP contribution in [0, 0.1) is 13.8 Å². The fraction of sp³-hybridized carbons (Fsp3) is 0.400. The molecular formula is C20H25N3O2. The van der Waals surface area contributed by atoms with Crippen molar-refractivity contribution < 1.29 is 9.53 Å². The molecule has 1 aromatic carbocycles. The Morgan fingerprint density at radius 1 is 1.36 bits per heavy atom. The lowest BCUT2D eigenvalue weighted by molar-refractivity contribution is -0.114. The highest BCUT2D eigenvalue weighted by Gasteiger charge is 2.21. The van der Waals surface area contributed by atoms with E-state index in [9.17, 15) is 4.79 Å². The number of nitrogens with one attached hydrogen (secondary N) is 1. The van der Waals surface area contributed by atoms with E-state index in [4.69, 9.17) is 4.74 Å². The van der Waals surface area contributed by atoms with Crippen LogP contribution in [0.1, 0.15) is 34.9 Å². The molecule has 5 heteroatoms. The Hall–Kier alpha value is -2.40. The second-order valence-corrected chi connectivity index (χ2v) is 6.63. The number of hydrogen-bond acceptors (Lipinski definition) is 4. The van der Waals surface area contributed by atoms with E-state index in [1.165, 1.54) is 11.1 Å². The topological polar surface area (TPSA) is 54.5 Å². The lowest BCUT2D eigenvalue weighted by Gasteiger charge is -2.30. The summed E-state index contributed by atoms with van der Waals surface area (Å²) in [4.78, 5) is 18.4. The Balaban J connectivity index is 1.79. The Bertz CT molecular complexity index is 802. The van der Waals surface area contributed by atoms with Gasteiger partial charge in [0, 0.05) is 49.6 Å². The van der Waals surface area contributed by atoms with Crippen molar-refractivity contribution in [2.75, 3.05) is 19.0 Å². The number of carbonyl (C=O) groups is 1. The third-order valence-corrected chi connectivity index (χ3v) is 4.78. The first-order chi connectivity index (χ1) is 12.0. The minimum atomic E-state index is -0.0256. The zero-order valence-electron chi connectivity index (χ0n) is 15.3. The van der Waals surface area contributed by atoms with Gasteiger partial charge in [-0.2, -0.15) is 0 Å². The number of fused-ring (bicyclic) bond motifs is 1. The van der Waals surface area contributed by atoms with Crippen LogP contribution in [0.5, 0.6) is 5.75 Å². The molecule has 0 fully saturated rings. The zero-order valence-corrected chi connectivity index (χ0v) is 15.3. The van der Waals surface area contributed by atoms with Gasteiger partial charge in [-0.1, -0.05) is 12.1 Å². The predicted octanol–water partition coefficient (Wildman–Crippen LogP) is 3.22. The number of amides is 1. The maximum atomic E-state index is 11.4. The maximum absolute atomic E-state index is 11.4. The van der Waals surface area contributed by atoms with Crippen LogP contribution in [-0.2, 0) is 24.3 Å². The third kappa shape index (κ3) is 3.66. The van der Waals surface area contributed by atoms with Gasteiger partial charge in [0.15, 0.2) is 0 Å². The van der Waals surface area contributed by atoms with E-state index in [1.807, 2.05) is 25.3 Å². The minimum Gasteiger partial charge on any atom is -0.496 e. The summed E-state index contributed by atoms with van der Waals surface area (Å²) < 4.78 is 5.52. The van der Waals surface area contributed by atoms with Gasteiger partial charge in [-0.3, -0.25) is 14.7 Å². The largest absolute Gasteiger partial charge is 0.496 e. The van der Waals surface area contributed by atoms with Crippen LogP contribution in [0.3, 0.4) is 0 Å². The summed E-state index contributed by atoms with van der Waals surface area (Å²) in [5.41, 5.74) is 6.70. The van der Waals surface area contributed by atoms with Gasteiger partial charge >= 0.3 is 0 Å². The normalized spacial score (nSPS) is 14.1. The molecule has 0 radical (unpaired) electrons. The van der Waals surface area contributed by atoms with Crippen LogP contribution in [-0.4, -0.2) is 29.4 Å². The Morgan fingerprint density at radius 2 is 2.16 bits per heavy atom. The summed E-state index contributed by atoms with van der Waals surface area (Å²) in [6.45, 7) is 8.24. The Kier molecular flexibility index (Phi) is 5.04. The van der Waals surface area contributed by atoms with E-state index in [0.29, 0.717) is 0 Å². The average molecular weight is 339 g/mol. The van der Waals surface area contributed by atoms with Gasteiger partial charge in [0.2, 0.25) is 5.91 Å². The minimum absolute atomic E-state index is 0.0256. The lowest BCUT2D eigenvalue weighted by atomic mass is 9.97. The first-order valence-electron chi connectivity index (χ1n) is 8.59. The molecule has 0 bridgehead atoms. The van der Waals surface area contributed by atoms with Gasteiger partial charge < -0.3 is 10.1 Å². The molecule has 1 N–H and O–H groups in total. The quantitative estimate of drug-likeness (QED) is 0.929. The monoisotopic (exact) mass is 339 g/mol. The van der Waals surface area contributed by atoms with Crippen molar-refractivity contribution in [3.8, 4) is 5.75 Å². The van der Waals surface area contributed by atoms with E-state index in [0.717, 1.165) is 54.3 Å². The van der Waals surface area contributed by atoms with Gasteiger partial charge in [-0.15, -0.1) is 0 Å². The number of rotatable bonds is 4. The number of methoxy groups -OCH3 is 1. The first-order valence-corrected chi connectivity index (χ1v) is 8.59. The van der Waals surface area contributed by atoms with Crippen LogP contribution in [0.25, 0.3) is 0 Å². The number of aromatic nitrogens is 1.